The van der Waals surface area contributed by atoms with E-state index in [-0.39, 0.29) is 12.8 Å². The first-order valence-electron chi connectivity index (χ1n) is 10.7. The lowest BCUT2D eigenvalue weighted by molar-refractivity contribution is -0.462. The maximum Gasteiger partial charge on any atom is 0.307 e. The van der Waals surface area contributed by atoms with Gasteiger partial charge in [0, 0.05) is 23.3 Å². The van der Waals surface area contributed by atoms with Crippen molar-refractivity contribution in [3.8, 4) is 11.5 Å². The van der Waals surface area contributed by atoms with E-state index in [9.17, 15) is 19.8 Å². The molecule has 0 spiro atoms. The molecule has 0 saturated carbocycles. The van der Waals surface area contributed by atoms with E-state index < -0.39 is 11.9 Å². The molecular formula is C27H28NO6+. The molecule has 0 saturated heterocycles. The van der Waals surface area contributed by atoms with E-state index in [1.165, 1.54) is 14.2 Å². The molecule has 7 nitrogen and oxygen atoms in total. The summed E-state index contributed by atoms with van der Waals surface area (Å²) < 4.78 is 12.7. The lowest BCUT2D eigenvalue weighted by atomic mass is 9.88. The third-order valence-corrected chi connectivity index (χ3v) is 5.49. The molecule has 0 fully saturated rings. The van der Waals surface area contributed by atoms with Gasteiger partial charge in [-0.1, -0.05) is 12.1 Å². The van der Waals surface area contributed by atoms with Crippen LogP contribution in [0.2, 0.25) is 0 Å². The average molecular weight is 463 g/mol. The van der Waals surface area contributed by atoms with Gasteiger partial charge in [-0.25, -0.2) is 4.58 Å². The maximum absolute atomic E-state index is 11.4. The van der Waals surface area contributed by atoms with Crippen molar-refractivity contribution >= 4 is 23.2 Å². The molecule has 0 bridgehead atoms. The maximum atomic E-state index is 11.4. The molecule has 34 heavy (non-hydrogen) atoms. The van der Waals surface area contributed by atoms with Gasteiger partial charge in [0.25, 0.3) is 0 Å². The molecule has 0 atom stereocenters. The minimum atomic E-state index is -0.958. The Hall–Kier alpha value is -4.13. The van der Waals surface area contributed by atoms with Crippen LogP contribution in [-0.2, 0) is 22.4 Å². The number of methoxy groups -OCH3 is 2. The normalized spacial score (nSPS) is 12.5. The number of hydrogen-bond acceptors (Lipinski definition) is 4. The number of benzene rings is 2. The van der Waals surface area contributed by atoms with Crippen molar-refractivity contribution in [3.05, 3.63) is 88.5 Å². The van der Waals surface area contributed by atoms with Crippen LogP contribution in [0.1, 0.15) is 22.3 Å². The van der Waals surface area contributed by atoms with E-state index in [0.29, 0.717) is 22.6 Å². The molecule has 2 aromatic rings. The van der Waals surface area contributed by atoms with Gasteiger partial charge in [-0.15, -0.1) is 0 Å². The number of nitrogens with zero attached hydrogens (tertiary/aromatic N) is 1. The van der Waals surface area contributed by atoms with Crippen LogP contribution in [0.5, 0.6) is 11.5 Å². The Balaban J connectivity index is 2.26. The van der Waals surface area contributed by atoms with Gasteiger partial charge >= 0.3 is 11.9 Å². The Labute approximate surface area is 198 Å². The van der Waals surface area contributed by atoms with E-state index in [1.807, 2.05) is 67.2 Å². The number of carboxylic acids is 2. The highest BCUT2D eigenvalue weighted by Crippen LogP contribution is 2.35. The second-order valence-corrected chi connectivity index (χ2v) is 8.01. The van der Waals surface area contributed by atoms with Gasteiger partial charge in [-0.3, -0.25) is 9.59 Å². The van der Waals surface area contributed by atoms with Gasteiger partial charge in [0.1, 0.15) is 25.6 Å². The molecule has 1 aliphatic carbocycles. The molecule has 0 aromatic heterocycles. The minimum Gasteiger partial charge on any atom is -0.496 e. The topological polar surface area (TPSA) is 96.1 Å². The van der Waals surface area contributed by atoms with Gasteiger partial charge in [-0.05, 0) is 58.7 Å². The van der Waals surface area contributed by atoms with Crippen LogP contribution in [0.25, 0.3) is 5.57 Å². The second-order valence-electron chi connectivity index (χ2n) is 8.01. The fourth-order valence-electron chi connectivity index (χ4n) is 3.90. The van der Waals surface area contributed by atoms with Crippen molar-refractivity contribution in [2.45, 2.75) is 12.8 Å². The number of allylic oxidation sites excluding steroid dienone is 5. The van der Waals surface area contributed by atoms with Crippen LogP contribution in [0.15, 0.2) is 66.3 Å². The van der Waals surface area contributed by atoms with E-state index >= 15 is 0 Å². The molecule has 2 aromatic carbocycles. The van der Waals surface area contributed by atoms with Crippen molar-refractivity contribution in [1.82, 2.24) is 0 Å². The first-order valence-corrected chi connectivity index (χ1v) is 10.7. The zero-order valence-corrected chi connectivity index (χ0v) is 19.7. The smallest absolute Gasteiger partial charge is 0.307 e. The lowest BCUT2D eigenvalue weighted by Gasteiger charge is -2.17. The van der Waals surface area contributed by atoms with Gasteiger partial charge < -0.3 is 19.7 Å². The highest BCUT2D eigenvalue weighted by atomic mass is 16.5. The standard InChI is InChI=1S/C27H27NO6/c1-28(2)22-9-5-17(6-10-22)27(18-7-11-23(33-3)20(13-18)15-25(29)30)19-8-12-24(34-4)21(14-19)16-26(31)32/h5-14H,15-16H2,1-4H3,(H-,29,30,31,32)/p+1. The van der Waals surface area contributed by atoms with Crippen molar-refractivity contribution in [1.29, 1.82) is 0 Å². The number of ether oxygens (including phenoxy) is 2. The quantitative estimate of drug-likeness (QED) is 0.582. The highest BCUT2D eigenvalue weighted by Gasteiger charge is 2.18. The predicted molar refractivity (Wildman–Crippen MR) is 130 cm³/mol. The summed E-state index contributed by atoms with van der Waals surface area (Å²) in [5.74, 6) is -0.925. The summed E-state index contributed by atoms with van der Waals surface area (Å²) in [6.45, 7) is 0. The van der Waals surface area contributed by atoms with Gasteiger partial charge in [-0.2, -0.15) is 0 Å². The summed E-state index contributed by atoms with van der Waals surface area (Å²) in [6, 6.07) is 10.9. The predicted octanol–water partition coefficient (Wildman–Crippen LogP) is 3.60. The zero-order valence-electron chi connectivity index (χ0n) is 19.7. The van der Waals surface area contributed by atoms with E-state index in [0.717, 1.165) is 28.0 Å². The van der Waals surface area contributed by atoms with E-state index in [1.54, 1.807) is 12.1 Å². The largest absolute Gasteiger partial charge is 0.496 e. The molecule has 2 N–H and O–H groups in total. The van der Waals surface area contributed by atoms with E-state index in [2.05, 4.69) is 0 Å². The van der Waals surface area contributed by atoms with Crippen molar-refractivity contribution in [2.24, 2.45) is 0 Å². The lowest BCUT2D eigenvalue weighted by Crippen LogP contribution is -2.10. The summed E-state index contributed by atoms with van der Waals surface area (Å²) in [6.07, 6.45) is 7.62. The number of rotatable bonds is 8. The number of aliphatic carboxylic acids is 2. The summed E-state index contributed by atoms with van der Waals surface area (Å²) in [5.41, 5.74) is 5.47. The minimum absolute atomic E-state index is 0.184. The molecule has 176 valence electrons. The molecule has 0 amide bonds. The second kappa shape index (κ2) is 10.7. The average Bonchev–Trinajstić information content (AvgIpc) is 2.79. The number of carboxylic acid groups (broad SMARTS) is 2. The number of carbonyl (C=O) groups is 2. The Bertz CT molecular complexity index is 1160. The molecular weight excluding hydrogens is 434 g/mol. The van der Waals surface area contributed by atoms with Crippen LogP contribution in [0.4, 0.5) is 0 Å². The van der Waals surface area contributed by atoms with Crippen molar-refractivity contribution in [3.63, 3.8) is 0 Å². The Morgan fingerprint density at radius 3 is 1.56 bits per heavy atom. The summed E-state index contributed by atoms with van der Waals surface area (Å²) in [5, 5.41) is 18.7. The molecule has 0 radical (unpaired) electrons. The zero-order chi connectivity index (χ0) is 24.8. The van der Waals surface area contributed by atoms with Crippen LogP contribution >= 0.6 is 0 Å². The first-order chi connectivity index (χ1) is 16.2. The molecule has 0 unspecified atom stereocenters. The number of hydrogen-bond donors (Lipinski definition) is 2. The van der Waals surface area contributed by atoms with Crippen molar-refractivity contribution in [2.75, 3.05) is 28.3 Å². The fraction of sp³-hybridized carbons (Fsp3) is 0.222. The Morgan fingerprint density at radius 2 is 1.21 bits per heavy atom. The summed E-state index contributed by atoms with van der Waals surface area (Å²) in [4.78, 5) is 22.9. The molecule has 0 heterocycles. The molecule has 0 aliphatic heterocycles. The third kappa shape index (κ3) is 5.61. The van der Waals surface area contributed by atoms with Gasteiger partial charge in [0.15, 0.2) is 5.71 Å². The molecule has 7 heteroatoms. The Morgan fingerprint density at radius 1 is 0.765 bits per heavy atom. The van der Waals surface area contributed by atoms with Crippen LogP contribution in [0.3, 0.4) is 0 Å². The third-order valence-electron chi connectivity index (χ3n) is 5.49. The monoisotopic (exact) mass is 462 g/mol. The fourth-order valence-corrected chi connectivity index (χ4v) is 3.90. The highest BCUT2D eigenvalue weighted by molar-refractivity contribution is 6.04. The van der Waals surface area contributed by atoms with Crippen LogP contribution < -0.4 is 9.47 Å². The van der Waals surface area contributed by atoms with E-state index in [4.69, 9.17) is 9.47 Å². The molecule has 1 aliphatic rings. The first kappa shape index (κ1) is 24.5. The van der Waals surface area contributed by atoms with Crippen molar-refractivity contribution < 1.29 is 33.9 Å². The van der Waals surface area contributed by atoms with Crippen LogP contribution in [0, 0.1) is 0 Å². The summed E-state index contributed by atoms with van der Waals surface area (Å²) >= 11 is 0. The SMILES string of the molecule is COc1ccc(C(=C2C=CC(=[N+](C)C)C=C2)c2ccc(OC)c(CC(=O)O)c2)cc1CC(=O)O. The van der Waals surface area contributed by atoms with Gasteiger partial charge in [0.05, 0.1) is 27.1 Å². The van der Waals surface area contributed by atoms with Crippen LogP contribution in [-0.4, -0.2) is 60.8 Å². The Kier molecular flexibility index (Phi) is 7.68. The van der Waals surface area contributed by atoms with Gasteiger partial charge in [0.2, 0.25) is 0 Å². The summed E-state index contributed by atoms with van der Waals surface area (Å²) in [7, 11) is 6.94. The molecule has 3 rings (SSSR count).